The van der Waals surface area contributed by atoms with Crippen LogP contribution in [0, 0.1) is 3.57 Å². The molecule has 1 rings (SSSR count). The van der Waals surface area contributed by atoms with Crippen molar-refractivity contribution < 1.29 is 13.2 Å². The molecule has 0 fully saturated rings. The second-order valence-electron chi connectivity index (χ2n) is 3.02. The zero-order valence-electron chi connectivity index (χ0n) is 7.40. The molecule has 78 valence electrons. The molecule has 0 saturated heterocycles. The number of halogens is 4. The smallest absolute Gasteiger partial charge is 0.324 e. The Kier molecular flexibility index (Phi) is 3.41. The molecule has 2 N–H and O–H groups in total. The van der Waals surface area contributed by atoms with E-state index in [1.165, 1.54) is 6.07 Å². The monoisotopic (exact) mass is 315 g/mol. The van der Waals surface area contributed by atoms with Crippen LogP contribution in [0.5, 0.6) is 0 Å². The Morgan fingerprint density at radius 3 is 2.36 bits per heavy atom. The van der Waals surface area contributed by atoms with Gasteiger partial charge in [0.2, 0.25) is 0 Å². The third kappa shape index (κ3) is 2.60. The molecule has 0 aromatic heterocycles. The van der Waals surface area contributed by atoms with Crippen LogP contribution in [0.1, 0.15) is 24.1 Å². The SMILES string of the molecule is C[C@@H](N)c1cc(C(F)(F)F)ccc1I. The molecule has 1 nitrogen and oxygen atoms in total. The van der Waals surface area contributed by atoms with Crippen molar-refractivity contribution in [1.82, 2.24) is 0 Å². The minimum Gasteiger partial charge on any atom is -0.324 e. The van der Waals surface area contributed by atoms with E-state index in [4.69, 9.17) is 5.73 Å². The van der Waals surface area contributed by atoms with Gasteiger partial charge in [0.25, 0.3) is 0 Å². The summed E-state index contributed by atoms with van der Waals surface area (Å²) in [4.78, 5) is 0. The fraction of sp³-hybridized carbons (Fsp3) is 0.333. The Morgan fingerprint density at radius 2 is 1.93 bits per heavy atom. The Morgan fingerprint density at radius 1 is 1.36 bits per heavy atom. The van der Waals surface area contributed by atoms with Gasteiger partial charge in [0, 0.05) is 9.61 Å². The topological polar surface area (TPSA) is 26.0 Å². The minimum atomic E-state index is -4.30. The van der Waals surface area contributed by atoms with Gasteiger partial charge in [-0.2, -0.15) is 13.2 Å². The van der Waals surface area contributed by atoms with E-state index in [-0.39, 0.29) is 6.04 Å². The highest BCUT2D eigenvalue weighted by Gasteiger charge is 2.31. The Bertz CT molecular complexity index is 333. The zero-order valence-corrected chi connectivity index (χ0v) is 9.56. The molecular weight excluding hydrogens is 306 g/mol. The van der Waals surface area contributed by atoms with Crippen LogP contribution in [0.15, 0.2) is 18.2 Å². The van der Waals surface area contributed by atoms with E-state index >= 15 is 0 Å². The summed E-state index contributed by atoms with van der Waals surface area (Å²) in [6.45, 7) is 1.66. The van der Waals surface area contributed by atoms with Gasteiger partial charge < -0.3 is 5.73 Å². The van der Waals surface area contributed by atoms with Crippen LogP contribution in [0.25, 0.3) is 0 Å². The number of alkyl halides is 3. The van der Waals surface area contributed by atoms with Crippen molar-refractivity contribution in [3.05, 3.63) is 32.9 Å². The third-order valence-corrected chi connectivity index (χ3v) is 2.80. The first-order valence-corrected chi connectivity index (χ1v) is 5.02. The fourth-order valence-electron chi connectivity index (χ4n) is 1.07. The van der Waals surface area contributed by atoms with Gasteiger partial charge in [0.05, 0.1) is 5.56 Å². The molecule has 0 radical (unpaired) electrons. The van der Waals surface area contributed by atoms with Crippen LogP contribution in [0.4, 0.5) is 13.2 Å². The van der Waals surface area contributed by atoms with Gasteiger partial charge in [-0.3, -0.25) is 0 Å². The van der Waals surface area contributed by atoms with Crippen LogP contribution in [0.2, 0.25) is 0 Å². The van der Waals surface area contributed by atoms with Crippen LogP contribution in [-0.4, -0.2) is 0 Å². The Hall–Kier alpha value is -0.300. The number of nitrogens with two attached hydrogens (primary N) is 1. The summed E-state index contributed by atoms with van der Waals surface area (Å²) < 4.78 is 37.7. The predicted octanol–water partition coefficient (Wildman–Crippen LogP) is 3.33. The Balaban J connectivity index is 3.20. The fourth-order valence-corrected chi connectivity index (χ4v) is 1.90. The number of hydrogen-bond acceptors (Lipinski definition) is 1. The standard InChI is InChI=1S/C9H9F3IN/c1-5(14)7-4-6(9(10,11)12)2-3-8(7)13/h2-5H,14H2,1H3/t5-/m1/s1. The second kappa shape index (κ2) is 4.06. The molecule has 0 saturated carbocycles. The van der Waals surface area contributed by atoms with E-state index in [0.717, 1.165) is 15.7 Å². The molecule has 1 atom stereocenters. The van der Waals surface area contributed by atoms with E-state index in [9.17, 15) is 13.2 Å². The summed E-state index contributed by atoms with van der Waals surface area (Å²) in [5.74, 6) is 0. The highest BCUT2D eigenvalue weighted by Crippen LogP contribution is 2.32. The molecule has 0 unspecified atom stereocenters. The Labute approximate surface area is 93.6 Å². The molecule has 0 aliphatic carbocycles. The maximum Gasteiger partial charge on any atom is 0.416 e. The van der Waals surface area contributed by atoms with Crippen LogP contribution < -0.4 is 5.73 Å². The van der Waals surface area contributed by atoms with Crippen LogP contribution >= 0.6 is 22.6 Å². The lowest BCUT2D eigenvalue weighted by atomic mass is 10.1. The van der Waals surface area contributed by atoms with Gasteiger partial charge in [-0.05, 0) is 53.3 Å². The zero-order chi connectivity index (χ0) is 10.9. The molecule has 0 bridgehead atoms. The number of benzene rings is 1. The van der Waals surface area contributed by atoms with E-state index in [0.29, 0.717) is 5.56 Å². The first-order chi connectivity index (χ1) is 6.32. The van der Waals surface area contributed by atoms with Crippen molar-refractivity contribution in [3.63, 3.8) is 0 Å². The lowest BCUT2D eigenvalue weighted by Gasteiger charge is -2.12. The normalized spacial score (nSPS) is 14.1. The second-order valence-corrected chi connectivity index (χ2v) is 4.18. The lowest BCUT2D eigenvalue weighted by Crippen LogP contribution is -2.11. The quantitative estimate of drug-likeness (QED) is 0.791. The molecule has 0 heterocycles. The largest absolute Gasteiger partial charge is 0.416 e. The molecular formula is C9H9F3IN. The van der Waals surface area contributed by atoms with Crippen molar-refractivity contribution in [2.45, 2.75) is 19.1 Å². The van der Waals surface area contributed by atoms with Crippen molar-refractivity contribution in [2.24, 2.45) is 5.73 Å². The van der Waals surface area contributed by atoms with Gasteiger partial charge in [0.15, 0.2) is 0 Å². The highest BCUT2D eigenvalue weighted by molar-refractivity contribution is 14.1. The maximum absolute atomic E-state index is 12.3. The van der Waals surface area contributed by atoms with Crippen molar-refractivity contribution in [1.29, 1.82) is 0 Å². The lowest BCUT2D eigenvalue weighted by molar-refractivity contribution is -0.137. The van der Waals surface area contributed by atoms with Gasteiger partial charge in [-0.15, -0.1) is 0 Å². The third-order valence-electron chi connectivity index (χ3n) is 1.81. The molecule has 1 aromatic carbocycles. The molecule has 0 amide bonds. The summed E-state index contributed by atoms with van der Waals surface area (Å²) >= 11 is 1.97. The number of hydrogen-bond donors (Lipinski definition) is 1. The van der Waals surface area contributed by atoms with Crippen LogP contribution in [-0.2, 0) is 6.18 Å². The summed E-state index contributed by atoms with van der Waals surface area (Å²) in [7, 11) is 0. The van der Waals surface area contributed by atoms with E-state index < -0.39 is 11.7 Å². The summed E-state index contributed by atoms with van der Waals surface area (Å²) in [6, 6.07) is 3.21. The average molecular weight is 315 g/mol. The van der Waals surface area contributed by atoms with Crippen molar-refractivity contribution >= 4 is 22.6 Å². The van der Waals surface area contributed by atoms with Gasteiger partial charge >= 0.3 is 6.18 Å². The van der Waals surface area contributed by atoms with Gasteiger partial charge in [-0.25, -0.2) is 0 Å². The van der Waals surface area contributed by atoms with Gasteiger partial charge in [0.1, 0.15) is 0 Å². The van der Waals surface area contributed by atoms with Crippen LogP contribution in [0.3, 0.4) is 0 Å². The van der Waals surface area contributed by atoms with Gasteiger partial charge in [-0.1, -0.05) is 0 Å². The van der Waals surface area contributed by atoms with Crippen molar-refractivity contribution in [2.75, 3.05) is 0 Å². The first-order valence-electron chi connectivity index (χ1n) is 3.94. The molecule has 0 aliphatic heterocycles. The summed E-state index contributed by atoms with van der Waals surface area (Å²) in [5, 5.41) is 0. The molecule has 14 heavy (non-hydrogen) atoms. The number of rotatable bonds is 1. The first kappa shape index (κ1) is 11.8. The average Bonchev–Trinajstić information content (AvgIpc) is 2.02. The molecule has 5 heteroatoms. The van der Waals surface area contributed by atoms with E-state index in [2.05, 4.69) is 0 Å². The van der Waals surface area contributed by atoms with E-state index in [1.54, 1.807) is 6.92 Å². The maximum atomic E-state index is 12.3. The highest BCUT2D eigenvalue weighted by atomic mass is 127. The summed E-state index contributed by atoms with van der Waals surface area (Å²) in [5.41, 5.74) is 5.43. The minimum absolute atomic E-state index is 0.385. The summed E-state index contributed by atoms with van der Waals surface area (Å²) in [6.07, 6.45) is -4.30. The van der Waals surface area contributed by atoms with E-state index in [1.807, 2.05) is 22.6 Å². The van der Waals surface area contributed by atoms with Crippen molar-refractivity contribution in [3.8, 4) is 0 Å². The molecule has 1 aromatic rings. The predicted molar refractivity (Wildman–Crippen MR) is 56.8 cm³/mol. The molecule has 0 aliphatic rings. The molecule has 0 spiro atoms.